The lowest BCUT2D eigenvalue weighted by molar-refractivity contribution is 0.414. The molecule has 0 unspecified atom stereocenters. The van der Waals surface area contributed by atoms with Crippen LogP contribution >= 0.6 is 0 Å². The number of fused-ring (bicyclic) bond motifs is 1. The summed E-state index contributed by atoms with van der Waals surface area (Å²) in [4.78, 5) is 8.77. The van der Waals surface area contributed by atoms with E-state index >= 15 is 0 Å². The molecule has 2 heterocycles. The maximum absolute atomic E-state index is 9.11. The highest BCUT2D eigenvalue weighted by Crippen LogP contribution is 2.26. The molecule has 2 aromatic heterocycles. The smallest absolute Gasteiger partial charge is 0.254 e. The van der Waals surface area contributed by atoms with Crippen molar-refractivity contribution in [3.63, 3.8) is 0 Å². The molecular weight excluding hydrogens is 352 g/mol. The molecule has 28 heavy (non-hydrogen) atoms. The summed E-state index contributed by atoms with van der Waals surface area (Å²) in [5.41, 5.74) is 4.57. The van der Waals surface area contributed by atoms with Crippen LogP contribution in [0.3, 0.4) is 0 Å². The molecule has 0 amide bonds. The van der Waals surface area contributed by atoms with Crippen LogP contribution < -0.4 is 10.1 Å². The Morgan fingerprint density at radius 1 is 1.14 bits per heavy atom. The second kappa shape index (κ2) is 7.37. The predicted octanol–water partition coefficient (Wildman–Crippen LogP) is 3.59. The number of aromatic nitrogens is 4. The van der Waals surface area contributed by atoms with Crippen molar-refractivity contribution in [2.24, 2.45) is 0 Å². The first-order valence-electron chi connectivity index (χ1n) is 8.76. The van der Waals surface area contributed by atoms with Crippen LogP contribution in [0, 0.1) is 18.3 Å². The normalized spacial score (nSPS) is 10.6. The van der Waals surface area contributed by atoms with Gasteiger partial charge in [-0.1, -0.05) is 18.2 Å². The third kappa shape index (κ3) is 3.35. The van der Waals surface area contributed by atoms with E-state index in [1.165, 1.54) is 6.33 Å². The molecule has 0 atom stereocenters. The van der Waals surface area contributed by atoms with Gasteiger partial charge in [-0.15, -0.1) is 0 Å². The van der Waals surface area contributed by atoms with E-state index in [1.807, 2.05) is 49.4 Å². The van der Waals surface area contributed by atoms with Gasteiger partial charge in [0.15, 0.2) is 0 Å². The van der Waals surface area contributed by atoms with Crippen LogP contribution in [0.4, 0.5) is 5.82 Å². The molecule has 0 aliphatic heterocycles. The zero-order valence-electron chi connectivity index (χ0n) is 15.5. The molecule has 0 bridgehead atoms. The van der Waals surface area contributed by atoms with E-state index in [4.69, 9.17) is 10.00 Å². The van der Waals surface area contributed by atoms with Crippen LogP contribution in [0.1, 0.15) is 16.7 Å². The van der Waals surface area contributed by atoms with Crippen molar-refractivity contribution in [1.29, 1.82) is 5.26 Å². The van der Waals surface area contributed by atoms with Gasteiger partial charge in [0.1, 0.15) is 17.9 Å². The van der Waals surface area contributed by atoms with Crippen molar-refractivity contribution in [2.45, 2.75) is 13.5 Å². The van der Waals surface area contributed by atoms with E-state index in [2.05, 4.69) is 26.5 Å². The van der Waals surface area contributed by atoms with Gasteiger partial charge in [-0.25, -0.2) is 0 Å². The lowest BCUT2D eigenvalue weighted by Crippen LogP contribution is -2.05. The lowest BCUT2D eigenvalue weighted by atomic mass is 10.0. The van der Waals surface area contributed by atoms with Crippen LogP contribution in [0.5, 0.6) is 5.75 Å². The van der Waals surface area contributed by atoms with Crippen molar-refractivity contribution in [1.82, 2.24) is 19.6 Å². The molecule has 2 aromatic carbocycles. The van der Waals surface area contributed by atoms with Crippen molar-refractivity contribution in [3.05, 3.63) is 71.5 Å². The SMILES string of the molecule is COc1ccc(CNc2cc(-c3ccc(C#N)cc3C)n3ncnc3n2)cc1. The van der Waals surface area contributed by atoms with Crippen molar-refractivity contribution >= 4 is 11.6 Å². The number of aryl methyl sites for hydroxylation is 1. The summed E-state index contributed by atoms with van der Waals surface area (Å²) < 4.78 is 6.89. The average Bonchev–Trinajstić information content (AvgIpc) is 3.20. The zero-order valence-corrected chi connectivity index (χ0v) is 15.5. The summed E-state index contributed by atoms with van der Waals surface area (Å²) in [5, 5.41) is 16.8. The van der Waals surface area contributed by atoms with Gasteiger partial charge in [0.2, 0.25) is 0 Å². The molecule has 0 fully saturated rings. The standard InChI is InChI=1S/C21H18N6O/c1-14-9-16(11-22)5-8-18(14)19-10-20(26-21-24-13-25-27(19)21)23-12-15-3-6-17(28-2)7-4-15/h3-10,13H,12H2,1-2H3,(H,23,24,25,26). The zero-order chi connectivity index (χ0) is 19.5. The molecule has 0 spiro atoms. The molecule has 0 saturated heterocycles. The van der Waals surface area contributed by atoms with Crippen LogP contribution in [0.2, 0.25) is 0 Å². The molecule has 0 saturated carbocycles. The van der Waals surface area contributed by atoms with Gasteiger partial charge in [0.05, 0.1) is 24.4 Å². The van der Waals surface area contributed by atoms with E-state index < -0.39 is 0 Å². The number of ether oxygens (including phenoxy) is 1. The Bertz CT molecular complexity index is 1170. The molecule has 7 heteroatoms. The van der Waals surface area contributed by atoms with Crippen LogP contribution in [-0.4, -0.2) is 26.7 Å². The molecule has 138 valence electrons. The fourth-order valence-corrected chi connectivity index (χ4v) is 3.05. The number of methoxy groups -OCH3 is 1. The largest absolute Gasteiger partial charge is 0.497 e. The Balaban J connectivity index is 1.68. The highest BCUT2D eigenvalue weighted by Gasteiger charge is 2.12. The minimum Gasteiger partial charge on any atom is -0.497 e. The van der Waals surface area contributed by atoms with Crippen molar-refractivity contribution in [3.8, 4) is 23.1 Å². The number of nitrogens with one attached hydrogen (secondary N) is 1. The molecule has 1 N–H and O–H groups in total. The Hall–Kier alpha value is -3.92. The third-order valence-electron chi connectivity index (χ3n) is 4.52. The summed E-state index contributed by atoms with van der Waals surface area (Å²) in [5.74, 6) is 2.04. The fraction of sp³-hybridized carbons (Fsp3) is 0.143. The molecule has 0 aliphatic carbocycles. The highest BCUT2D eigenvalue weighted by atomic mass is 16.5. The van der Waals surface area contributed by atoms with Gasteiger partial charge >= 0.3 is 0 Å². The van der Waals surface area contributed by atoms with Crippen LogP contribution in [0.25, 0.3) is 17.0 Å². The van der Waals surface area contributed by atoms with Crippen molar-refractivity contribution in [2.75, 3.05) is 12.4 Å². The van der Waals surface area contributed by atoms with Gasteiger partial charge in [0, 0.05) is 18.2 Å². The van der Waals surface area contributed by atoms with Gasteiger partial charge in [-0.2, -0.15) is 24.8 Å². The molecule has 4 rings (SSSR count). The highest BCUT2D eigenvalue weighted by molar-refractivity contribution is 5.69. The van der Waals surface area contributed by atoms with Gasteiger partial charge in [-0.05, 0) is 42.3 Å². The minimum absolute atomic E-state index is 0.512. The van der Waals surface area contributed by atoms with Crippen LogP contribution in [-0.2, 0) is 6.54 Å². The van der Waals surface area contributed by atoms with Crippen molar-refractivity contribution < 1.29 is 4.74 Å². The number of nitrogens with zero attached hydrogens (tertiary/aromatic N) is 5. The Morgan fingerprint density at radius 2 is 1.96 bits per heavy atom. The second-order valence-corrected chi connectivity index (χ2v) is 6.34. The fourth-order valence-electron chi connectivity index (χ4n) is 3.05. The Labute approximate surface area is 162 Å². The maximum atomic E-state index is 9.11. The number of hydrogen-bond acceptors (Lipinski definition) is 6. The molecule has 7 nitrogen and oxygen atoms in total. The summed E-state index contributed by atoms with van der Waals surface area (Å²) in [6.45, 7) is 2.59. The molecule has 0 aliphatic rings. The van der Waals surface area contributed by atoms with Crippen LogP contribution in [0.15, 0.2) is 54.9 Å². The molecular formula is C21H18N6O. The topological polar surface area (TPSA) is 88.1 Å². The van der Waals surface area contributed by atoms with E-state index in [0.29, 0.717) is 23.7 Å². The quantitative estimate of drug-likeness (QED) is 0.577. The molecule has 4 aromatic rings. The van der Waals surface area contributed by atoms with E-state index in [1.54, 1.807) is 17.7 Å². The summed E-state index contributed by atoms with van der Waals surface area (Å²) in [7, 11) is 1.65. The second-order valence-electron chi connectivity index (χ2n) is 6.34. The van der Waals surface area contributed by atoms with E-state index in [0.717, 1.165) is 28.1 Å². The first-order valence-corrected chi connectivity index (χ1v) is 8.76. The summed E-state index contributed by atoms with van der Waals surface area (Å²) in [6.07, 6.45) is 1.48. The lowest BCUT2D eigenvalue weighted by Gasteiger charge is -2.12. The Morgan fingerprint density at radius 3 is 2.68 bits per heavy atom. The number of rotatable bonds is 5. The van der Waals surface area contributed by atoms with Gasteiger partial charge in [-0.3, -0.25) is 0 Å². The molecule has 0 radical (unpaired) electrons. The average molecular weight is 370 g/mol. The number of anilines is 1. The predicted molar refractivity (Wildman–Crippen MR) is 106 cm³/mol. The summed E-state index contributed by atoms with van der Waals surface area (Å²) in [6, 6.07) is 17.6. The van der Waals surface area contributed by atoms with E-state index in [9.17, 15) is 0 Å². The van der Waals surface area contributed by atoms with Gasteiger partial charge < -0.3 is 10.1 Å². The minimum atomic E-state index is 0.512. The first kappa shape index (κ1) is 17.5. The van der Waals surface area contributed by atoms with E-state index in [-0.39, 0.29) is 0 Å². The van der Waals surface area contributed by atoms with Gasteiger partial charge in [0.25, 0.3) is 5.78 Å². The third-order valence-corrected chi connectivity index (χ3v) is 4.52. The first-order chi connectivity index (χ1) is 13.7. The number of benzene rings is 2. The summed E-state index contributed by atoms with van der Waals surface area (Å²) >= 11 is 0. The monoisotopic (exact) mass is 370 g/mol. The number of nitriles is 1. The number of hydrogen-bond donors (Lipinski definition) is 1. The Kier molecular flexibility index (Phi) is 4.60. The maximum Gasteiger partial charge on any atom is 0.254 e.